The molecule has 0 atom stereocenters. The molecule has 0 saturated heterocycles. The minimum atomic E-state index is 0. The molecule has 9 rings (SSSR count). The third-order valence-corrected chi connectivity index (χ3v) is 10.0. The van der Waals surface area contributed by atoms with Gasteiger partial charge in [0.05, 0.1) is 29.0 Å². The summed E-state index contributed by atoms with van der Waals surface area (Å²) in [4.78, 5) is 14.2. The van der Waals surface area contributed by atoms with Crippen LogP contribution in [0, 0.1) is 0 Å². The number of fused-ring (bicyclic) bond motifs is 1. The Morgan fingerprint density at radius 1 is 0.424 bits per heavy atom. The van der Waals surface area contributed by atoms with Crippen LogP contribution in [-0.4, -0.2) is 21.4 Å². The van der Waals surface area contributed by atoms with Gasteiger partial charge in [0.1, 0.15) is 11.5 Å². The number of phenols is 2. The number of pyridine rings is 1. The van der Waals surface area contributed by atoms with Crippen LogP contribution in [0.25, 0.3) is 33.2 Å². The number of nitrogens with zero attached hydrogens (tertiary/aromatic N) is 4. The van der Waals surface area contributed by atoms with Gasteiger partial charge in [-0.25, -0.2) is 4.98 Å². The Hall–Kier alpha value is -7.27. The second-order valence-electron chi connectivity index (χ2n) is 13.8. The van der Waals surface area contributed by atoms with Crippen LogP contribution in [0.1, 0.15) is 5.69 Å². The number of aliphatic imine (C=N–C) groups is 1. The van der Waals surface area contributed by atoms with Crippen LogP contribution in [0.4, 0.5) is 39.8 Å². The zero-order chi connectivity index (χ0) is 39.3. The molecule has 9 aromatic rings. The standard InChI is InChI=1S/C52H38N4O2.Pt/c57-50-34-45(55(41-20-8-2-9-21-41)42-22-10-3-11-23-42)29-30-47(50)49-33-39(37-17-6-1-7-18-37)31-40(54-49)36-53-48-28-16-19-38-32-46(35-51(58)52(38)48)56(43-24-12-4-13-25-43)44-26-14-5-15-27-44;/h1-36,57-58H;. The van der Waals surface area contributed by atoms with Crippen molar-refractivity contribution < 1.29 is 31.3 Å². The van der Waals surface area contributed by atoms with Crippen molar-refractivity contribution >= 4 is 56.8 Å². The summed E-state index contributed by atoms with van der Waals surface area (Å²) in [5, 5.41) is 24.8. The van der Waals surface area contributed by atoms with Crippen molar-refractivity contribution in [1.29, 1.82) is 0 Å². The van der Waals surface area contributed by atoms with E-state index in [9.17, 15) is 10.2 Å². The van der Waals surface area contributed by atoms with Crippen LogP contribution in [0.5, 0.6) is 11.5 Å². The second-order valence-corrected chi connectivity index (χ2v) is 13.8. The summed E-state index contributed by atoms with van der Waals surface area (Å²) in [6, 6.07) is 69.9. The van der Waals surface area contributed by atoms with Crippen molar-refractivity contribution in [1.82, 2.24) is 4.98 Å². The van der Waals surface area contributed by atoms with Crippen molar-refractivity contribution in [2.45, 2.75) is 0 Å². The Labute approximate surface area is 357 Å². The molecule has 8 aromatic carbocycles. The van der Waals surface area contributed by atoms with Gasteiger partial charge in [0.15, 0.2) is 0 Å². The van der Waals surface area contributed by atoms with Gasteiger partial charge in [0.25, 0.3) is 0 Å². The summed E-state index contributed by atoms with van der Waals surface area (Å²) >= 11 is 0. The molecule has 0 fully saturated rings. The predicted molar refractivity (Wildman–Crippen MR) is 239 cm³/mol. The van der Waals surface area contributed by atoms with E-state index in [4.69, 9.17) is 9.98 Å². The Morgan fingerprint density at radius 3 is 1.47 bits per heavy atom. The summed E-state index contributed by atoms with van der Waals surface area (Å²) in [6.45, 7) is 0. The zero-order valence-electron chi connectivity index (χ0n) is 31.8. The Morgan fingerprint density at radius 2 is 0.932 bits per heavy atom. The molecule has 7 heteroatoms. The zero-order valence-corrected chi connectivity index (χ0v) is 34.1. The minimum Gasteiger partial charge on any atom is -0.507 e. The number of hydrogen-bond donors (Lipinski definition) is 2. The van der Waals surface area contributed by atoms with Gasteiger partial charge in [0.2, 0.25) is 0 Å². The van der Waals surface area contributed by atoms with E-state index >= 15 is 0 Å². The Balaban J connectivity index is 0.00000484. The van der Waals surface area contributed by atoms with Gasteiger partial charge in [-0.15, -0.1) is 0 Å². The molecule has 0 unspecified atom stereocenters. The number of phenolic OH excluding ortho intramolecular Hbond substituents is 2. The fourth-order valence-corrected chi connectivity index (χ4v) is 7.37. The van der Waals surface area contributed by atoms with Gasteiger partial charge in [-0.1, -0.05) is 115 Å². The van der Waals surface area contributed by atoms with Gasteiger partial charge >= 0.3 is 0 Å². The third kappa shape index (κ3) is 8.26. The van der Waals surface area contributed by atoms with E-state index in [2.05, 4.69) is 52.3 Å². The maximum Gasteiger partial charge on any atom is 0.127 e. The topological polar surface area (TPSA) is 72.2 Å². The van der Waals surface area contributed by atoms with E-state index in [1.807, 2.05) is 158 Å². The van der Waals surface area contributed by atoms with E-state index in [0.29, 0.717) is 28.0 Å². The van der Waals surface area contributed by atoms with Gasteiger partial charge < -0.3 is 20.0 Å². The maximum atomic E-state index is 11.7. The fraction of sp³-hybridized carbons (Fsp3) is 0. The van der Waals surface area contributed by atoms with Crippen molar-refractivity contribution in [3.05, 3.63) is 218 Å². The molecule has 0 aliphatic rings. The van der Waals surface area contributed by atoms with Gasteiger partial charge in [0, 0.05) is 72.6 Å². The number of hydrogen-bond acceptors (Lipinski definition) is 6. The average molecular weight is 946 g/mol. The smallest absolute Gasteiger partial charge is 0.127 e. The number of benzene rings is 8. The average Bonchev–Trinajstić information content (AvgIpc) is 3.27. The van der Waals surface area contributed by atoms with Crippen LogP contribution in [0.2, 0.25) is 0 Å². The number of rotatable bonds is 10. The van der Waals surface area contributed by atoms with E-state index in [-0.39, 0.29) is 32.6 Å². The van der Waals surface area contributed by atoms with Crippen LogP contribution >= 0.6 is 0 Å². The first kappa shape index (κ1) is 38.6. The Bertz CT molecular complexity index is 2780. The van der Waals surface area contributed by atoms with E-state index in [0.717, 1.165) is 50.6 Å². The number of para-hydroxylation sites is 4. The van der Waals surface area contributed by atoms with Crippen LogP contribution < -0.4 is 9.80 Å². The van der Waals surface area contributed by atoms with Crippen molar-refractivity contribution in [2.75, 3.05) is 9.80 Å². The molecular formula is C52H38N4O2Pt. The van der Waals surface area contributed by atoms with E-state index in [1.54, 1.807) is 18.3 Å². The number of aromatic hydroxyl groups is 2. The van der Waals surface area contributed by atoms with Crippen molar-refractivity contribution in [2.24, 2.45) is 4.99 Å². The molecule has 1 heterocycles. The van der Waals surface area contributed by atoms with Gasteiger partial charge in [-0.05, 0) is 101 Å². The minimum absolute atomic E-state index is 0. The summed E-state index contributed by atoms with van der Waals surface area (Å²) in [7, 11) is 0. The van der Waals surface area contributed by atoms with Crippen LogP contribution in [0.3, 0.4) is 0 Å². The SMILES string of the molecule is Oc1cc(N(c2ccccc2)c2ccccc2)ccc1-c1cc(-c2ccccc2)cc(C=Nc2cccc3cc(N(c4ccccc4)c4ccccc4)cc(O)c23)n1.[Pt]. The van der Waals surface area contributed by atoms with Gasteiger partial charge in [-0.3, -0.25) is 4.99 Å². The second kappa shape index (κ2) is 17.5. The van der Waals surface area contributed by atoms with Crippen LogP contribution in [0.15, 0.2) is 217 Å². The molecule has 0 saturated carbocycles. The third-order valence-electron chi connectivity index (χ3n) is 10.0. The Kier molecular flexibility index (Phi) is 11.4. The molecule has 0 aliphatic heterocycles. The fourth-order valence-electron chi connectivity index (χ4n) is 7.37. The van der Waals surface area contributed by atoms with Crippen molar-refractivity contribution in [3.63, 3.8) is 0 Å². The molecule has 0 amide bonds. The summed E-state index contributed by atoms with van der Waals surface area (Å²) < 4.78 is 0. The molecule has 288 valence electrons. The first-order chi connectivity index (χ1) is 28.6. The maximum absolute atomic E-state index is 11.7. The molecule has 0 aliphatic carbocycles. The molecule has 6 nitrogen and oxygen atoms in total. The molecule has 0 radical (unpaired) electrons. The molecule has 0 spiro atoms. The molecule has 0 bridgehead atoms. The van der Waals surface area contributed by atoms with E-state index < -0.39 is 0 Å². The quantitative estimate of drug-likeness (QED) is 0.134. The van der Waals surface area contributed by atoms with Crippen LogP contribution in [-0.2, 0) is 21.1 Å². The predicted octanol–water partition coefficient (Wildman–Crippen LogP) is 13.7. The van der Waals surface area contributed by atoms with E-state index in [1.165, 1.54) is 0 Å². The monoisotopic (exact) mass is 945 g/mol. The largest absolute Gasteiger partial charge is 0.507 e. The van der Waals surface area contributed by atoms with Gasteiger partial charge in [-0.2, -0.15) is 0 Å². The molecule has 1 aromatic heterocycles. The first-order valence-electron chi connectivity index (χ1n) is 19.1. The molecular weight excluding hydrogens is 908 g/mol. The number of aromatic nitrogens is 1. The normalized spacial score (nSPS) is 11.0. The van der Waals surface area contributed by atoms with Crippen molar-refractivity contribution in [3.8, 4) is 33.9 Å². The summed E-state index contributed by atoms with van der Waals surface area (Å²) in [6.07, 6.45) is 1.72. The number of anilines is 6. The molecule has 2 N–H and O–H groups in total. The molecule has 59 heavy (non-hydrogen) atoms. The summed E-state index contributed by atoms with van der Waals surface area (Å²) in [5.74, 6) is 0.221. The first-order valence-corrected chi connectivity index (χ1v) is 19.1. The summed E-state index contributed by atoms with van der Waals surface area (Å²) in [5.41, 5.74) is 9.89.